The molecule has 0 unspecified atom stereocenters. The molecule has 1 N–H and O–H groups in total. The van der Waals surface area contributed by atoms with Crippen molar-refractivity contribution in [2.45, 2.75) is 13.5 Å². The molecule has 0 radical (unpaired) electrons. The van der Waals surface area contributed by atoms with Crippen LogP contribution in [0, 0.1) is 6.92 Å². The van der Waals surface area contributed by atoms with Crippen molar-refractivity contribution in [3.8, 4) is 9.88 Å². The summed E-state index contributed by atoms with van der Waals surface area (Å²) in [6.07, 6.45) is 0. The molecule has 0 aliphatic heterocycles. The minimum atomic E-state index is 0.696. The zero-order valence-corrected chi connectivity index (χ0v) is 12.6. The van der Waals surface area contributed by atoms with E-state index in [2.05, 4.69) is 15.5 Å². The second kappa shape index (κ2) is 6.58. The van der Waals surface area contributed by atoms with Gasteiger partial charge in [-0.25, -0.2) is 0 Å². The number of hydrogen-bond acceptors (Lipinski definition) is 6. The molecule has 2 aromatic rings. The molecule has 0 aromatic carbocycles. The fourth-order valence-electron chi connectivity index (χ4n) is 1.36. The van der Waals surface area contributed by atoms with Crippen molar-refractivity contribution in [3.63, 3.8) is 0 Å². The van der Waals surface area contributed by atoms with Gasteiger partial charge in [-0.1, -0.05) is 22.9 Å². The third-order valence-electron chi connectivity index (χ3n) is 2.32. The van der Waals surface area contributed by atoms with Crippen LogP contribution in [0.4, 0.5) is 0 Å². The lowest BCUT2D eigenvalue weighted by Crippen LogP contribution is -2.18. The van der Waals surface area contributed by atoms with E-state index in [-0.39, 0.29) is 0 Å². The highest BCUT2D eigenvalue weighted by Gasteiger charge is 2.13. The van der Waals surface area contributed by atoms with Crippen molar-refractivity contribution in [1.29, 1.82) is 0 Å². The maximum Gasteiger partial charge on any atom is 0.159 e. The summed E-state index contributed by atoms with van der Waals surface area (Å²) >= 11 is 9.40. The molecule has 0 spiro atoms. The molecule has 7 heteroatoms. The topological polar surface area (TPSA) is 47.0 Å². The maximum absolute atomic E-state index is 6.22. The summed E-state index contributed by atoms with van der Waals surface area (Å²) in [6.45, 7) is 4.21. The molecular formula is C11H14ClN3OS2. The highest BCUT2D eigenvalue weighted by atomic mass is 35.5. The first-order valence-corrected chi connectivity index (χ1v) is 7.55. The number of ether oxygens (including phenoxy) is 1. The van der Waals surface area contributed by atoms with Crippen LogP contribution in [0.1, 0.15) is 10.6 Å². The van der Waals surface area contributed by atoms with Crippen LogP contribution in [0.3, 0.4) is 0 Å². The molecule has 0 fully saturated rings. The summed E-state index contributed by atoms with van der Waals surface area (Å²) in [4.78, 5) is 1.01. The highest BCUT2D eigenvalue weighted by molar-refractivity contribution is 7.21. The summed E-state index contributed by atoms with van der Waals surface area (Å²) in [5, 5.41) is 16.3. The average Bonchev–Trinajstić information content (AvgIpc) is 2.94. The Morgan fingerprint density at radius 3 is 2.94 bits per heavy atom. The SMILES string of the molecule is COCCNCc1nnc(-c2scc(C)c2Cl)s1. The number of nitrogens with one attached hydrogen (secondary N) is 1. The van der Waals surface area contributed by atoms with Gasteiger partial charge in [0.05, 0.1) is 16.5 Å². The Morgan fingerprint density at radius 1 is 1.44 bits per heavy atom. The third kappa shape index (κ3) is 3.27. The molecule has 18 heavy (non-hydrogen) atoms. The molecule has 98 valence electrons. The van der Waals surface area contributed by atoms with Crippen LogP contribution in [0.25, 0.3) is 9.88 Å². The minimum absolute atomic E-state index is 0.696. The summed E-state index contributed by atoms with van der Waals surface area (Å²) in [5.41, 5.74) is 1.09. The van der Waals surface area contributed by atoms with Gasteiger partial charge in [-0.05, 0) is 17.9 Å². The second-order valence-electron chi connectivity index (χ2n) is 3.73. The number of nitrogens with zero attached hydrogens (tertiary/aromatic N) is 2. The monoisotopic (exact) mass is 303 g/mol. The Balaban J connectivity index is 2.00. The molecule has 0 saturated heterocycles. The summed E-state index contributed by atoms with van der Waals surface area (Å²) < 4.78 is 4.96. The fraction of sp³-hybridized carbons (Fsp3) is 0.455. The third-order valence-corrected chi connectivity index (χ3v) is 5.09. The summed E-state index contributed by atoms with van der Waals surface area (Å²) in [5.74, 6) is 0. The Labute approximate surface area is 119 Å². The predicted molar refractivity (Wildman–Crippen MR) is 76.6 cm³/mol. The van der Waals surface area contributed by atoms with E-state index < -0.39 is 0 Å². The van der Waals surface area contributed by atoms with E-state index in [0.29, 0.717) is 13.2 Å². The van der Waals surface area contributed by atoms with Crippen molar-refractivity contribution < 1.29 is 4.74 Å². The van der Waals surface area contributed by atoms with E-state index in [1.165, 1.54) is 0 Å². The van der Waals surface area contributed by atoms with Gasteiger partial charge in [0.25, 0.3) is 0 Å². The molecule has 0 amide bonds. The Hall–Kier alpha value is -0.530. The van der Waals surface area contributed by atoms with Crippen molar-refractivity contribution in [2.24, 2.45) is 0 Å². The van der Waals surface area contributed by atoms with Crippen LogP contribution in [0.2, 0.25) is 5.02 Å². The van der Waals surface area contributed by atoms with Gasteiger partial charge in [-0.2, -0.15) is 0 Å². The smallest absolute Gasteiger partial charge is 0.159 e. The molecule has 0 aliphatic carbocycles. The van der Waals surface area contributed by atoms with Crippen LogP contribution < -0.4 is 5.32 Å². The fourth-order valence-corrected chi connectivity index (χ4v) is 3.60. The molecule has 0 aliphatic rings. The normalized spacial score (nSPS) is 11.1. The Kier molecular flexibility index (Phi) is 5.08. The Morgan fingerprint density at radius 2 is 2.28 bits per heavy atom. The van der Waals surface area contributed by atoms with E-state index in [1.54, 1.807) is 29.8 Å². The van der Waals surface area contributed by atoms with Crippen molar-refractivity contribution >= 4 is 34.3 Å². The molecule has 2 rings (SSSR count). The second-order valence-corrected chi connectivity index (χ2v) is 6.05. The van der Waals surface area contributed by atoms with Crippen molar-refractivity contribution in [2.75, 3.05) is 20.3 Å². The molecule has 2 heterocycles. The van der Waals surface area contributed by atoms with E-state index in [0.717, 1.165) is 32.0 Å². The summed E-state index contributed by atoms with van der Waals surface area (Å²) in [6, 6.07) is 0. The van der Waals surface area contributed by atoms with Gasteiger partial charge in [0.1, 0.15) is 5.01 Å². The Bertz CT molecular complexity index is 512. The zero-order chi connectivity index (χ0) is 13.0. The van der Waals surface area contributed by atoms with Gasteiger partial charge in [0.15, 0.2) is 5.01 Å². The van der Waals surface area contributed by atoms with Crippen molar-refractivity contribution in [1.82, 2.24) is 15.5 Å². The highest BCUT2D eigenvalue weighted by Crippen LogP contribution is 2.37. The van der Waals surface area contributed by atoms with E-state index in [4.69, 9.17) is 16.3 Å². The van der Waals surface area contributed by atoms with Crippen LogP contribution in [-0.4, -0.2) is 30.5 Å². The van der Waals surface area contributed by atoms with Gasteiger partial charge < -0.3 is 10.1 Å². The maximum atomic E-state index is 6.22. The number of aromatic nitrogens is 2. The lowest BCUT2D eigenvalue weighted by molar-refractivity contribution is 0.199. The molecule has 2 aromatic heterocycles. The predicted octanol–water partition coefficient (Wildman–Crippen LogP) is 2.96. The first-order valence-electron chi connectivity index (χ1n) is 5.48. The van der Waals surface area contributed by atoms with Gasteiger partial charge in [0, 0.05) is 20.2 Å². The average molecular weight is 304 g/mol. The number of methoxy groups -OCH3 is 1. The largest absolute Gasteiger partial charge is 0.383 e. The van der Waals surface area contributed by atoms with Gasteiger partial charge in [-0.3, -0.25) is 0 Å². The first-order chi connectivity index (χ1) is 8.72. The van der Waals surface area contributed by atoms with E-state index in [1.807, 2.05) is 12.3 Å². The number of hydrogen-bond donors (Lipinski definition) is 1. The molecule has 0 saturated carbocycles. The van der Waals surface area contributed by atoms with Crippen LogP contribution in [-0.2, 0) is 11.3 Å². The van der Waals surface area contributed by atoms with E-state index >= 15 is 0 Å². The summed E-state index contributed by atoms with van der Waals surface area (Å²) in [7, 11) is 1.69. The quantitative estimate of drug-likeness (QED) is 0.834. The van der Waals surface area contributed by atoms with Crippen molar-refractivity contribution in [3.05, 3.63) is 21.0 Å². The zero-order valence-electron chi connectivity index (χ0n) is 10.2. The van der Waals surface area contributed by atoms with E-state index in [9.17, 15) is 0 Å². The number of rotatable bonds is 6. The van der Waals surface area contributed by atoms with Crippen LogP contribution in [0.5, 0.6) is 0 Å². The number of thiophene rings is 1. The lowest BCUT2D eigenvalue weighted by atomic mass is 10.3. The molecular weight excluding hydrogens is 290 g/mol. The van der Waals surface area contributed by atoms with Gasteiger partial charge in [-0.15, -0.1) is 21.5 Å². The standard InChI is InChI=1S/C11H14ClN3OS2/c1-7-6-17-10(9(7)12)11-15-14-8(18-11)5-13-3-4-16-2/h6,13H,3-5H2,1-2H3. The molecule has 0 atom stereocenters. The molecule has 0 bridgehead atoms. The van der Waals surface area contributed by atoms with Crippen LogP contribution in [0.15, 0.2) is 5.38 Å². The lowest BCUT2D eigenvalue weighted by Gasteiger charge is -1.99. The van der Waals surface area contributed by atoms with Gasteiger partial charge >= 0.3 is 0 Å². The minimum Gasteiger partial charge on any atom is -0.383 e. The number of aryl methyl sites for hydroxylation is 1. The molecule has 4 nitrogen and oxygen atoms in total. The van der Waals surface area contributed by atoms with Gasteiger partial charge in [0.2, 0.25) is 0 Å². The van der Waals surface area contributed by atoms with Crippen LogP contribution >= 0.6 is 34.3 Å². The first kappa shape index (κ1) is 13.9. The number of halogens is 1.